The Morgan fingerprint density at radius 2 is 1.67 bits per heavy atom. The molecule has 0 amide bonds. The highest BCUT2D eigenvalue weighted by molar-refractivity contribution is 4.44. The Morgan fingerprint density at radius 3 is 1.67 bits per heavy atom. The molecule has 6 heavy (non-hydrogen) atoms. The molecule has 38 valence electrons. The first kappa shape index (κ1) is 5.82. The number of halogens is 2. The molecule has 3 heteroatoms. The van der Waals surface area contributed by atoms with E-state index in [1.165, 1.54) is 0 Å². The molecule has 0 rings (SSSR count). The van der Waals surface area contributed by atoms with Gasteiger partial charge >= 0.3 is 0 Å². The minimum atomic E-state index is -2.31. The van der Waals surface area contributed by atoms with Crippen molar-refractivity contribution >= 4 is 0 Å². The van der Waals surface area contributed by atoms with Crippen LogP contribution in [0.3, 0.4) is 0 Å². The van der Waals surface area contributed by atoms with Crippen molar-refractivity contribution in [3.8, 4) is 0 Å². The monoisotopic (exact) mass is 96.0 g/mol. The zero-order chi connectivity index (χ0) is 5.15. The number of hydrogen-bond acceptors (Lipinski definition) is 1. The molecule has 0 aliphatic rings. The standard InChI is InChI=1S/C3H6F2O/c1-2(4)3(5)6/h2-3,6H,1H3. The lowest BCUT2D eigenvalue weighted by atomic mass is 10.5. The summed E-state index contributed by atoms with van der Waals surface area (Å²) in [4.78, 5) is 0. The molecule has 0 aromatic rings. The summed E-state index contributed by atoms with van der Waals surface area (Å²) in [5, 5.41) is 7.59. The average molecular weight is 96.1 g/mol. The van der Waals surface area contributed by atoms with E-state index in [4.69, 9.17) is 5.11 Å². The van der Waals surface area contributed by atoms with Crippen LogP contribution in [-0.2, 0) is 0 Å². The first-order chi connectivity index (χ1) is 2.64. The van der Waals surface area contributed by atoms with E-state index in [2.05, 4.69) is 0 Å². The van der Waals surface area contributed by atoms with Gasteiger partial charge in [-0.15, -0.1) is 0 Å². The second-order valence-electron chi connectivity index (χ2n) is 1.05. The molecular formula is C3H6F2O. The van der Waals surface area contributed by atoms with Gasteiger partial charge in [-0.1, -0.05) is 0 Å². The lowest BCUT2D eigenvalue weighted by Gasteiger charge is -1.96. The molecule has 2 atom stereocenters. The molecule has 0 heterocycles. The SMILES string of the molecule is CC(F)C(O)F. The molecule has 0 saturated carbocycles. The third kappa shape index (κ3) is 2.08. The predicted molar refractivity (Wildman–Crippen MR) is 17.7 cm³/mol. The molecule has 2 unspecified atom stereocenters. The third-order valence-corrected chi connectivity index (χ3v) is 0.379. The summed E-state index contributed by atoms with van der Waals surface area (Å²) in [5.74, 6) is 0. The highest BCUT2D eigenvalue weighted by Gasteiger charge is 2.07. The van der Waals surface area contributed by atoms with Crippen molar-refractivity contribution in [1.82, 2.24) is 0 Å². The molecule has 0 aromatic heterocycles. The maximum Gasteiger partial charge on any atom is 0.227 e. The Labute approximate surface area is 34.6 Å². The second kappa shape index (κ2) is 2.08. The molecule has 0 spiro atoms. The van der Waals surface area contributed by atoms with Gasteiger partial charge in [-0.25, -0.2) is 8.78 Å². The lowest BCUT2D eigenvalue weighted by molar-refractivity contribution is -0.0196. The highest BCUT2D eigenvalue weighted by Crippen LogP contribution is 1.95. The van der Waals surface area contributed by atoms with E-state index in [1.807, 2.05) is 0 Å². The van der Waals surface area contributed by atoms with Gasteiger partial charge in [0.25, 0.3) is 0 Å². The maximum absolute atomic E-state index is 11.2. The summed E-state index contributed by atoms with van der Waals surface area (Å²) in [7, 11) is 0. The number of aliphatic hydroxyl groups excluding tert-OH is 1. The van der Waals surface area contributed by atoms with Gasteiger partial charge in [0.05, 0.1) is 0 Å². The van der Waals surface area contributed by atoms with Crippen LogP contribution in [0.1, 0.15) is 6.92 Å². The smallest absolute Gasteiger partial charge is 0.227 e. The summed E-state index contributed by atoms with van der Waals surface area (Å²) < 4.78 is 22.2. The van der Waals surface area contributed by atoms with Gasteiger partial charge < -0.3 is 5.11 Å². The Balaban J connectivity index is 2.99. The number of aliphatic hydroxyl groups is 1. The average Bonchev–Trinajstić information content (AvgIpc) is 1.36. The van der Waals surface area contributed by atoms with Crippen LogP contribution in [0.2, 0.25) is 0 Å². The molecule has 1 N–H and O–H groups in total. The Bertz CT molecular complexity index is 29.8. The van der Waals surface area contributed by atoms with Crippen LogP contribution in [0, 0.1) is 0 Å². The highest BCUT2D eigenvalue weighted by atomic mass is 19.2. The minimum Gasteiger partial charge on any atom is -0.362 e. The van der Waals surface area contributed by atoms with Crippen LogP contribution in [0.5, 0.6) is 0 Å². The van der Waals surface area contributed by atoms with Gasteiger partial charge in [-0.2, -0.15) is 0 Å². The van der Waals surface area contributed by atoms with Crippen molar-refractivity contribution in [2.75, 3.05) is 0 Å². The summed E-state index contributed by atoms with van der Waals surface area (Å²) in [6.07, 6.45) is -4.07. The minimum absolute atomic E-state index is 0.949. The molecule has 0 saturated heterocycles. The molecule has 0 aliphatic carbocycles. The fourth-order valence-corrected chi connectivity index (χ4v) is 0. The maximum atomic E-state index is 11.2. The molecular weight excluding hydrogens is 90.0 g/mol. The number of alkyl halides is 2. The van der Waals surface area contributed by atoms with E-state index in [0.29, 0.717) is 0 Å². The fourth-order valence-electron chi connectivity index (χ4n) is 0. The van der Waals surface area contributed by atoms with Crippen LogP contribution < -0.4 is 0 Å². The first-order valence-electron chi connectivity index (χ1n) is 1.61. The predicted octanol–water partition coefficient (Wildman–Crippen LogP) is 0.632. The zero-order valence-corrected chi connectivity index (χ0v) is 3.36. The Hall–Kier alpha value is -0.180. The summed E-state index contributed by atoms with van der Waals surface area (Å²) in [6, 6.07) is 0. The summed E-state index contributed by atoms with van der Waals surface area (Å²) in [6.45, 7) is 0.949. The fraction of sp³-hybridized carbons (Fsp3) is 1.00. The van der Waals surface area contributed by atoms with Gasteiger partial charge in [0.15, 0.2) is 6.17 Å². The largest absolute Gasteiger partial charge is 0.362 e. The van der Waals surface area contributed by atoms with Gasteiger partial charge in [0.1, 0.15) is 0 Å². The van der Waals surface area contributed by atoms with Gasteiger partial charge in [0.2, 0.25) is 6.36 Å². The molecule has 0 radical (unpaired) electrons. The normalized spacial score (nSPS) is 20.0. The van der Waals surface area contributed by atoms with E-state index in [1.54, 1.807) is 0 Å². The first-order valence-corrected chi connectivity index (χ1v) is 1.61. The second-order valence-corrected chi connectivity index (χ2v) is 1.05. The van der Waals surface area contributed by atoms with Gasteiger partial charge in [0, 0.05) is 0 Å². The van der Waals surface area contributed by atoms with E-state index in [-0.39, 0.29) is 0 Å². The van der Waals surface area contributed by atoms with E-state index < -0.39 is 12.5 Å². The molecule has 0 aromatic carbocycles. The number of rotatable bonds is 1. The topological polar surface area (TPSA) is 20.2 Å². The zero-order valence-electron chi connectivity index (χ0n) is 3.36. The van der Waals surface area contributed by atoms with E-state index >= 15 is 0 Å². The van der Waals surface area contributed by atoms with Crippen molar-refractivity contribution in [2.45, 2.75) is 19.5 Å². The van der Waals surface area contributed by atoms with Gasteiger partial charge in [-0.3, -0.25) is 0 Å². The van der Waals surface area contributed by atoms with Crippen molar-refractivity contribution < 1.29 is 13.9 Å². The molecule has 0 bridgehead atoms. The summed E-state index contributed by atoms with van der Waals surface area (Å²) >= 11 is 0. The van der Waals surface area contributed by atoms with Gasteiger partial charge in [-0.05, 0) is 6.92 Å². The van der Waals surface area contributed by atoms with E-state index in [0.717, 1.165) is 6.92 Å². The van der Waals surface area contributed by atoms with Crippen molar-refractivity contribution in [1.29, 1.82) is 0 Å². The van der Waals surface area contributed by atoms with Crippen LogP contribution >= 0.6 is 0 Å². The quantitative estimate of drug-likeness (QED) is 0.507. The Morgan fingerprint density at radius 1 is 1.50 bits per heavy atom. The molecule has 0 aliphatic heterocycles. The van der Waals surface area contributed by atoms with Crippen LogP contribution in [0.25, 0.3) is 0 Å². The van der Waals surface area contributed by atoms with Crippen molar-refractivity contribution in [3.05, 3.63) is 0 Å². The van der Waals surface area contributed by atoms with Crippen LogP contribution in [-0.4, -0.2) is 17.6 Å². The van der Waals surface area contributed by atoms with Crippen molar-refractivity contribution in [2.24, 2.45) is 0 Å². The molecule has 0 fully saturated rings. The number of hydrogen-bond donors (Lipinski definition) is 1. The molecule has 1 nitrogen and oxygen atoms in total. The third-order valence-electron chi connectivity index (χ3n) is 0.379. The lowest BCUT2D eigenvalue weighted by Crippen LogP contribution is -2.10. The van der Waals surface area contributed by atoms with E-state index in [9.17, 15) is 8.78 Å². The Kier molecular flexibility index (Phi) is 2.01. The van der Waals surface area contributed by atoms with Crippen LogP contribution in [0.15, 0.2) is 0 Å². The van der Waals surface area contributed by atoms with Crippen LogP contribution in [0.4, 0.5) is 8.78 Å². The summed E-state index contributed by atoms with van der Waals surface area (Å²) in [5.41, 5.74) is 0. The van der Waals surface area contributed by atoms with Crippen molar-refractivity contribution in [3.63, 3.8) is 0 Å².